The average Bonchev–Trinajstić information content (AvgIpc) is 3.48. The van der Waals surface area contributed by atoms with Gasteiger partial charge < -0.3 is 14.2 Å². The molecule has 0 aromatic rings. The standard InChI is InChI=1S/C76H132O6/c1-4-7-10-13-16-19-22-25-28-30-31-32-33-34-35-36-37-38-39-40-41-42-43-44-45-47-48-51-54-57-60-63-66-69-75(78)81-72-73(71-80-74(77)68-65-62-59-56-53-50-27-24-21-18-15-12-9-6-3)82-76(79)70-67-64-61-58-55-52-49-46-29-26-23-20-17-14-11-8-5-2/h8,11,15,17-18,20,24,26-27,29-31,49,52,58,61,73H,4-7,9-10,12-14,16,19,21-23,25,28,32-48,50-51,53-57,59-60,62-72H2,1-3H3/b11-8-,18-15-,20-17-,27-24-,29-26-,31-30-,52-49-,61-58-. The van der Waals surface area contributed by atoms with Crippen molar-refractivity contribution in [2.45, 2.75) is 354 Å². The zero-order valence-electron chi connectivity index (χ0n) is 54.2. The zero-order chi connectivity index (χ0) is 59.2. The van der Waals surface area contributed by atoms with Gasteiger partial charge in [0.1, 0.15) is 13.2 Å². The van der Waals surface area contributed by atoms with Crippen molar-refractivity contribution in [2.75, 3.05) is 13.2 Å². The summed E-state index contributed by atoms with van der Waals surface area (Å²) in [6.45, 7) is 6.46. The summed E-state index contributed by atoms with van der Waals surface area (Å²) in [5.41, 5.74) is 0. The molecule has 0 amide bonds. The van der Waals surface area contributed by atoms with Crippen LogP contribution in [0.5, 0.6) is 0 Å². The molecule has 0 fully saturated rings. The topological polar surface area (TPSA) is 78.9 Å². The number of hydrogen-bond acceptors (Lipinski definition) is 6. The highest BCUT2D eigenvalue weighted by Crippen LogP contribution is 2.17. The van der Waals surface area contributed by atoms with E-state index in [1.807, 2.05) is 0 Å². The lowest BCUT2D eigenvalue weighted by molar-refractivity contribution is -0.167. The second-order valence-corrected chi connectivity index (χ2v) is 23.4. The molecule has 0 heterocycles. The summed E-state index contributed by atoms with van der Waals surface area (Å²) in [5, 5.41) is 0. The number of allylic oxidation sites excluding steroid dienone is 16. The smallest absolute Gasteiger partial charge is 0.306 e. The summed E-state index contributed by atoms with van der Waals surface area (Å²) in [4.78, 5) is 38.3. The van der Waals surface area contributed by atoms with E-state index >= 15 is 0 Å². The monoisotopic (exact) mass is 1140 g/mol. The molecule has 472 valence electrons. The molecule has 0 saturated heterocycles. The number of carbonyl (C=O) groups excluding carboxylic acids is 3. The second kappa shape index (κ2) is 69.8. The maximum atomic E-state index is 12.9. The van der Waals surface area contributed by atoms with Crippen molar-refractivity contribution in [3.8, 4) is 0 Å². The second-order valence-electron chi connectivity index (χ2n) is 23.4. The number of carbonyl (C=O) groups is 3. The fraction of sp³-hybridized carbons (Fsp3) is 0.750. The molecule has 0 aromatic heterocycles. The highest BCUT2D eigenvalue weighted by atomic mass is 16.6. The Morgan fingerprint density at radius 1 is 0.256 bits per heavy atom. The first-order valence-corrected chi connectivity index (χ1v) is 35.2. The number of esters is 3. The van der Waals surface area contributed by atoms with Gasteiger partial charge in [-0.3, -0.25) is 14.4 Å². The lowest BCUT2D eigenvalue weighted by Gasteiger charge is -2.18. The first-order valence-electron chi connectivity index (χ1n) is 35.2. The molecule has 6 nitrogen and oxygen atoms in total. The molecular weight excluding hydrogens is 1010 g/mol. The summed E-state index contributed by atoms with van der Waals surface area (Å²) < 4.78 is 16.9. The van der Waals surface area contributed by atoms with E-state index < -0.39 is 6.10 Å². The number of unbranched alkanes of at least 4 members (excludes halogenated alkanes) is 37. The summed E-state index contributed by atoms with van der Waals surface area (Å²) in [7, 11) is 0. The van der Waals surface area contributed by atoms with E-state index in [1.165, 1.54) is 199 Å². The molecule has 1 atom stereocenters. The molecule has 0 bridgehead atoms. The van der Waals surface area contributed by atoms with Gasteiger partial charge in [0.05, 0.1) is 0 Å². The van der Waals surface area contributed by atoms with Crippen molar-refractivity contribution < 1.29 is 28.6 Å². The predicted molar refractivity (Wildman–Crippen MR) is 357 cm³/mol. The SMILES string of the molecule is CC/C=C\C/C=C\C/C=C\C/C=C\C/C=C\CCCC(=O)OC(COC(=O)CCCCCCC/C=C\C/C=C\CCCC)COC(=O)CCCCCCCCCCCCCCCCCCCCCCC/C=C\CCCCCCCCCC. The molecule has 0 aromatic carbocycles. The highest BCUT2D eigenvalue weighted by molar-refractivity contribution is 5.71. The van der Waals surface area contributed by atoms with Crippen LogP contribution in [-0.2, 0) is 28.6 Å². The molecule has 0 N–H and O–H groups in total. The maximum absolute atomic E-state index is 12.9. The van der Waals surface area contributed by atoms with Crippen LogP contribution in [0.1, 0.15) is 348 Å². The maximum Gasteiger partial charge on any atom is 0.306 e. The predicted octanol–water partition coefficient (Wildman–Crippen LogP) is 24.4. The van der Waals surface area contributed by atoms with Gasteiger partial charge in [-0.2, -0.15) is 0 Å². The van der Waals surface area contributed by atoms with Crippen LogP contribution in [0.15, 0.2) is 97.2 Å². The van der Waals surface area contributed by atoms with Gasteiger partial charge in [-0.1, -0.05) is 317 Å². The Balaban J connectivity index is 4.20. The summed E-state index contributed by atoms with van der Waals surface area (Å²) in [6, 6.07) is 0. The normalized spacial score (nSPS) is 12.7. The third kappa shape index (κ3) is 67.1. The van der Waals surface area contributed by atoms with Crippen LogP contribution in [0.25, 0.3) is 0 Å². The van der Waals surface area contributed by atoms with Crippen molar-refractivity contribution in [3.05, 3.63) is 97.2 Å². The third-order valence-corrected chi connectivity index (χ3v) is 15.3. The van der Waals surface area contributed by atoms with Crippen LogP contribution in [-0.4, -0.2) is 37.2 Å². The Morgan fingerprint density at radius 2 is 0.500 bits per heavy atom. The molecule has 0 saturated carbocycles. The summed E-state index contributed by atoms with van der Waals surface area (Å²) >= 11 is 0. The fourth-order valence-corrected chi connectivity index (χ4v) is 10.0. The van der Waals surface area contributed by atoms with Crippen LogP contribution in [0, 0.1) is 0 Å². The molecule has 0 aliphatic rings. The van der Waals surface area contributed by atoms with Crippen molar-refractivity contribution in [3.63, 3.8) is 0 Å². The largest absolute Gasteiger partial charge is 0.462 e. The summed E-state index contributed by atoms with van der Waals surface area (Å²) in [6.07, 6.45) is 94.6. The number of rotatable bonds is 64. The van der Waals surface area contributed by atoms with E-state index in [4.69, 9.17) is 14.2 Å². The molecular formula is C76H132O6. The highest BCUT2D eigenvalue weighted by Gasteiger charge is 2.19. The number of ether oxygens (including phenoxy) is 3. The van der Waals surface area contributed by atoms with Gasteiger partial charge in [0, 0.05) is 19.3 Å². The van der Waals surface area contributed by atoms with Crippen molar-refractivity contribution >= 4 is 17.9 Å². The lowest BCUT2D eigenvalue weighted by Crippen LogP contribution is -2.30. The van der Waals surface area contributed by atoms with Gasteiger partial charge in [0.2, 0.25) is 0 Å². The van der Waals surface area contributed by atoms with E-state index in [2.05, 4.69) is 118 Å². The minimum Gasteiger partial charge on any atom is -0.462 e. The third-order valence-electron chi connectivity index (χ3n) is 15.3. The molecule has 0 rings (SSSR count). The number of hydrogen-bond donors (Lipinski definition) is 0. The van der Waals surface area contributed by atoms with Crippen molar-refractivity contribution in [1.29, 1.82) is 0 Å². The van der Waals surface area contributed by atoms with E-state index in [0.29, 0.717) is 19.3 Å². The molecule has 1 unspecified atom stereocenters. The van der Waals surface area contributed by atoms with Crippen molar-refractivity contribution in [1.82, 2.24) is 0 Å². The van der Waals surface area contributed by atoms with Gasteiger partial charge in [-0.05, 0) is 109 Å². The molecule has 0 aliphatic carbocycles. The first kappa shape index (κ1) is 78.3. The van der Waals surface area contributed by atoms with Crippen molar-refractivity contribution in [2.24, 2.45) is 0 Å². The average molecular weight is 1140 g/mol. The van der Waals surface area contributed by atoms with Crippen LogP contribution in [0.2, 0.25) is 0 Å². The van der Waals surface area contributed by atoms with Gasteiger partial charge in [0.25, 0.3) is 0 Å². The molecule has 0 radical (unpaired) electrons. The van der Waals surface area contributed by atoms with Gasteiger partial charge >= 0.3 is 17.9 Å². The van der Waals surface area contributed by atoms with Crippen LogP contribution >= 0.6 is 0 Å². The Morgan fingerprint density at radius 3 is 0.829 bits per heavy atom. The van der Waals surface area contributed by atoms with E-state index in [0.717, 1.165) is 103 Å². The quantitative estimate of drug-likeness (QED) is 0.0261. The Hall–Kier alpha value is -3.67. The van der Waals surface area contributed by atoms with Crippen LogP contribution < -0.4 is 0 Å². The Bertz CT molecular complexity index is 1590. The molecule has 82 heavy (non-hydrogen) atoms. The van der Waals surface area contributed by atoms with E-state index in [1.54, 1.807) is 0 Å². The molecule has 0 aliphatic heterocycles. The fourth-order valence-electron chi connectivity index (χ4n) is 10.0. The van der Waals surface area contributed by atoms with Crippen LogP contribution in [0.4, 0.5) is 0 Å². The Labute approximate surface area is 508 Å². The minimum absolute atomic E-state index is 0.103. The van der Waals surface area contributed by atoms with E-state index in [-0.39, 0.29) is 37.5 Å². The van der Waals surface area contributed by atoms with E-state index in [9.17, 15) is 14.4 Å². The van der Waals surface area contributed by atoms with Crippen LogP contribution in [0.3, 0.4) is 0 Å². The lowest BCUT2D eigenvalue weighted by atomic mass is 10.0. The zero-order valence-corrected chi connectivity index (χ0v) is 54.2. The van der Waals surface area contributed by atoms with Gasteiger partial charge in [-0.25, -0.2) is 0 Å². The van der Waals surface area contributed by atoms with Gasteiger partial charge in [-0.15, -0.1) is 0 Å². The van der Waals surface area contributed by atoms with Gasteiger partial charge in [0.15, 0.2) is 6.10 Å². The Kier molecular flexibility index (Phi) is 66.7. The first-order chi connectivity index (χ1) is 40.5. The molecule has 0 spiro atoms. The molecule has 6 heteroatoms. The summed E-state index contributed by atoms with van der Waals surface area (Å²) in [5.74, 6) is -0.964. The minimum atomic E-state index is -0.814.